The van der Waals surface area contributed by atoms with Crippen LogP contribution in [0.3, 0.4) is 0 Å². The molecule has 174 valence electrons. The Bertz CT molecular complexity index is 1180. The number of carbonyl (C=O) groups is 1. The Morgan fingerprint density at radius 1 is 1.26 bits per heavy atom. The zero-order chi connectivity index (χ0) is 23.9. The average Bonchev–Trinajstić information content (AvgIpc) is 3.36. The van der Waals surface area contributed by atoms with Crippen LogP contribution in [0.4, 0.5) is 5.82 Å². The van der Waals surface area contributed by atoms with E-state index in [4.69, 9.17) is 10.1 Å². The van der Waals surface area contributed by atoms with Crippen molar-refractivity contribution >= 4 is 17.4 Å². The molecule has 34 heavy (non-hydrogen) atoms. The fourth-order valence-electron chi connectivity index (χ4n) is 4.13. The molecule has 1 fully saturated rings. The van der Waals surface area contributed by atoms with Crippen molar-refractivity contribution in [3.8, 4) is 11.5 Å². The summed E-state index contributed by atoms with van der Waals surface area (Å²) in [5, 5.41) is 12.1. The van der Waals surface area contributed by atoms with Crippen molar-refractivity contribution in [2.45, 2.75) is 32.2 Å². The summed E-state index contributed by atoms with van der Waals surface area (Å²) in [5.74, 6) is 2.03. The van der Waals surface area contributed by atoms with E-state index in [0.717, 1.165) is 37.1 Å². The predicted molar refractivity (Wildman–Crippen MR) is 134 cm³/mol. The minimum absolute atomic E-state index is 0.0521. The molecule has 7 heteroatoms. The highest BCUT2D eigenvalue weighted by molar-refractivity contribution is 6.13. The molecule has 1 aliphatic rings. The van der Waals surface area contributed by atoms with Gasteiger partial charge in [0.05, 0.1) is 11.3 Å². The standard InChI is InChI=1S/C27H29N5O2/c1-3-19-7-5-9-23(15-19)34-22-12-10-20(11-13-22)26(28)24-17-29-18-31-27(24)30-16-21-8-6-14-32(21)25(33)4-2/h4-5,7,9-13,15,17-18,21,28H,2-3,6,8,14,16H2,1H3,(H,29,30,31)/t21-/m1/s1. The van der Waals surface area contributed by atoms with Crippen molar-refractivity contribution in [2.24, 2.45) is 0 Å². The van der Waals surface area contributed by atoms with Gasteiger partial charge in [0.1, 0.15) is 23.6 Å². The molecule has 7 nitrogen and oxygen atoms in total. The van der Waals surface area contributed by atoms with E-state index in [-0.39, 0.29) is 11.9 Å². The monoisotopic (exact) mass is 455 g/mol. The number of carbonyl (C=O) groups excluding carboxylic acids is 1. The van der Waals surface area contributed by atoms with Crippen LogP contribution in [-0.2, 0) is 11.2 Å². The van der Waals surface area contributed by atoms with Crippen molar-refractivity contribution in [2.75, 3.05) is 18.4 Å². The number of rotatable bonds is 9. The molecular weight excluding hydrogens is 426 g/mol. The zero-order valence-electron chi connectivity index (χ0n) is 19.3. The van der Waals surface area contributed by atoms with Crippen molar-refractivity contribution < 1.29 is 9.53 Å². The molecule has 1 aliphatic heterocycles. The SMILES string of the molecule is C=CC(=O)N1CCC[C@@H]1CNc1ncncc1C(=N)c1ccc(Oc2cccc(CC)c2)cc1. The van der Waals surface area contributed by atoms with Gasteiger partial charge in [-0.15, -0.1) is 0 Å². The summed E-state index contributed by atoms with van der Waals surface area (Å²) in [6, 6.07) is 15.5. The van der Waals surface area contributed by atoms with Crippen molar-refractivity contribution in [1.82, 2.24) is 14.9 Å². The Hall–Kier alpha value is -4.00. The lowest BCUT2D eigenvalue weighted by atomic mass is 10.0. The smallest absolute Gasteiger partial charge is 0.246 e. The molecule has 0 saturated carbocycles. The summed E-state index contributed by atoms with van der Waals surface area (Å²) < 4.78 is 5.97. The van der Waals surface area contributed by atoms with Gasteiger partial charge in [0.25, 0.3) is 0 Å². The van der Waals surface area contributed by atoms with E-state index in [9.17, 15) is 4.79 Å². The summed E-state index contributed by atoms with van der Waals surface area (Å²) in [6.07, 6.45) is 7.30. The van der Waals surface area contributed by atoms with Crippen LogP contribution < -0.4 is 10.1 Å². The highest BCUT2D eigenvalue weighted by atomic mass is 16.5. The number of nitrogens with zero attached hydrogens (tertiary/aromatic N) is 3. The lowest BCUT2D eigenvalue weighted by molar-refractivity contribution is -0.126. The van der Waals surface area contributed by atoms with Gasteiger partial charge >= 0.3 is 0 Å². The van der Waals surface area contributed by atoms with Gasteiger partial charge in [-0.25, -0.2) is 9.97 Å². The van der Waals surface area contributed by atoms with Gasteiger partial charge in [0.15, 0.2) is 0 Å². The third-order valence-electron chi connectivity index (χ3n) is 6.01. The van der Waals surface area contributed by atoms with Gasteiger partial charge in [-0.2, -0.15) is 0 Å². The molecule has 0 unspecified atom stereocenters. The second kappa shape index (κ2) is 10.7. The average molecular weight is 456 g/mol. The largest absolute Gasteiger partial charge is 0.457 e. The van der Waals surface area contributed by atoms with E-state index in [1.165, 1.54) is 18.0 Å². The number of aryl methyl sites for hydroxylation is 1. The maximum absolute atomic E-state index is 12.1. The van der Waals surface area contributed by atoms with E-state index in [1.807, 2.05) is 47.4 Å². The molecule has 2 heterocycles. The molecule has 1 amide bonds. The molecule has 0 bridgehead atoms. The van der Waals surface area contributed by atoms with Crippen molar-refractivity contribution in [1.29, 1.82) is 5.41 Å². The van der Waals surface area contributed by atoms with Crippen molar-refractivity contribution in [3.63, 3.8) is 0 Å². The molecule has 2 aromatic carbocycles. The molecule has 3 aromatic rings. The lowest BCUT2D eigenvalue weighted by Gasteiger charge is -2.24. The Kier molecular flexibility index (Phi) is 7.32. The molecule has 2 N–H and O–H groups in total. The van der Waals surface area contributed by atoms with Crippen LogP contribution in [0, 0.1) is 5.41 Å². The zero-order valence-corrected chi connectivity index (χ0v) is 19.3. The van der Waals surface area contributed by atoms with Gasteiger partial charge in [-0.3, -0.25) is 10.2 Å². The predicted octanol–water partition coefficient (Wildman–Crippen LogP) is 4.84. The third-order valence-corrected chi connectivity index (χ3v) is 6.01. The van der Waals surface area contributed by atoms with Gasteiger partial charge in [0.2, 0.25) is 5.91 Å². The molecule has 0 spiro atoms. The second-order valence-corrected chi connectivity index (χ2v) is 8.20. The normalized spacial score (nSPS) is 15.1. The van der Waals surface area contributed by atoms with Crippen LogP contribution in [-0.4, -0.2) is 45.6 Å². The van der Waals surface area contributed by atoms with Crippen LogP contribution in [0.2, 0.25) is 0 Å². The maximum atomic E-state index is 12.1. The van der Waals surface area contributed by atoms with E-state index in [0.29, 0.717) is 29.4 Å². The highest BCUT2D eigenvalue weighted by Gasteiger charge is 2.27. The number of hydrogen-bond donors (Lipinski definition) is 2. The van der Waals surface area contributed by atoms with E-state index < -0.39 is 0 Å². The number of ether oxygens (including phenoxy) is 1. The second-order valence-electron chi connectivity index (χ2n) is 8.20. The van der Waals surface area contributed by atoms with Gasteiger partial charge in [0, 0.05) is 30.9 Å². The quantitative estimate of drug-likeness (QED) is 0.356. The minimum Gasteiger partial charge on any atom is -0.457 e. The fourth-order valence-corrected chi connectivity index (χ4v) is 4.13. The van der Waals surface area contributed by atoms with E-state index in [2.05, 4.69) is 34.9 Å². The first kappa shape index (κ1) is 23.2. The summed E-state index contributed by atoms with van der Waals surface area (Å²) >= 11 is 0. The summed E-state index contributed by atoms with van der Waals surface area (Å²) in [4.78, 5) is 22.4. The maximum Gasteiger partial charge on any atom is 0.246 e. The number of nitrogens with one attached hydrogen (secondary N) is 2. The topological polar surface area (TPSA) is 91.2 Å². The van der Waals surface area contributed by atoms with Crippen LogP contribution >= 0.6 is 0 Å². The Balaban J connectivity index is 1.45. The molecule has 0 radical (unpaired) electrons. The molecule has 1 saturated heterocycles. The Labute approximate surface area is 200 Å². The first-order chi connectivity index (χ1) is 16.6. The number of hydrogen-bond acceptors (Lipinski definition) is 6. The van der Waals surface area contributed by atoms with E-state index in [1.54, 1.807) is 6.20 Å². The Morgan fingerprint density at radius 3 is 2.85 bits per heavy atom. The number of anilines is 1. The lowest BCUT2D eigenvalue weighted by Crippen LogP contribution is -2.38. The molecular formula is C27H29N5O2. The van der Waals surface area contributed by atoms with Crippen LogP contribution in [0.5, 0.6) is 11.5 Å². The molecule has 1 aromatic heterocycles. The van der Waals surface area contributed by atoms with Gasteiger partial charge in [-0.1, -0.05) is 25.6 Å². The number of likely N-dealkylation sites (tertiary alicyclic amines) is 1. The van der Waals surface area contributed by atoms with E-state index >= 15 is 0 Å². The number of amides is 1. The molecule has 0 aliphatic carbocycles. The van der Waals surface area contributed by atoms with Crippen LogP contribution in [0.15, 0.2) is 73.7 Å². The summed E-state index contributed by atoms with van der Waals surface area (Å²) in [5.41, 5.74) is 2.87. The molecule has 1 atom stereocenters. The van der Waals surface area contributed by atoms with Gasteiger partial charge < -0.3 is 15.0 Å². The Morgan fingerprint density at radius 2 is 2.09 bits per heavy atom. The van der Waals surface area contributed by atoms with Gasteiger partial charge in [-0.05, 0) is 67.3 Å². The summed E-state index contributed by atoms with van der Waals surface area (Å²) in [6.45, 7) is 7.00. The fraction of sp³-hybridized carbons (Fsp3) is 0.259. The third kappa shape index (κ3) is 5.31. The highest BCUT2D eigenvalue weighted by Crippen LogP contribution is 2.25. The van der Waals surface area contributed by atoms with Crippen molar-refractivity contribution in [3.05, 3.63) is 90.4 Å². The summed E-state index contributed by atoms with van der Waals surface area (Å²) in [7, 11) is 0. The first-order valence-corrected chi connectivity index (χ1v) is 11.5. The molecule has 4 rings (SSSR count). The van der Waals surface area contributed by atoms with Crippen LogP contribution in [0.25, 0.3) is 0 Å². The number of benzene rings is 2. The first-order valence-electron chi connectivity index (χ1n) is 11.5. The number of aromatic nitrogens is 2. The minimum atomic E-state index is -0.0521. The van der Waals surface area contributed by atoms with Crippen LogP contribution in [0.1, 0.15) is 36.5 Å².